The molecule has 1 aliphatic rings. The third-order valence-corrected chi connectivity index (χ3v) is 10.4. The molecule has 6 heteroatoms. The highest BCUT2D eigenvalue weighted by atomic mass is 32.2. The van der Waals surface area contributed by atoms with E-state index in [2.05, 4.69) is 124 Å². The molecule has 0 fully saturated rings. The summed E-state index contributed by atoms with van der Waals surface area (Å²) in [6, 6.07) is 17.9. The third kappa shape index (κ3) is 10.5. The number of likely N-dealkylation sites (N-methyl/N-ethyl adjacent to an activating group) is 3. The maximum Gasteiger partial charge on any atom is 0.142 e. The lowest BCUT2D eigenvalue weighted by Crippen LogP contribution is -2.48. The van der Waals surface area contributed by atoms with Crippen molar-refractivity contribution >= 4 is 18.2 Å². The first kappa shape index (κ1) is 38.1. The molecule has 3 unspecified atom stereocenters. The molecule has 3 atom stereocenters. The first-order chi connectivity index (χ1) is 21.2. The molecule has 0 spiro atoms. The van der Waals surface area contributed by atoms with E-state index < -0.39 is 0 Å². The van der Waals surface area contributed by atoms with E-state index in [0.717, 1.165) is 50.9 Å². The van der Waals surface area contributed by atoms with Gasteiger partial charge in [0.15, 0.2) is 0 Å². The molecule has 0 aromatic heterocycles. The molecular formula is C38H62N4OS. The van der Waals surface area contributed by atoms with E-state index in [1.54, 1.807) is 0 Å². The molecule has 2 aromatic carbocycles. The van der Waals surface area contributed by atoms with E-state index in [0.29, 0.717) is 18.5 Å². The van der Waals surface area contributed by atoms with Gasteiger partial charge in [0.1, 0.15) is 6.29 Å². The van der Waals surface area contributed by atoms with Gasteiger partial charge < -0.3 is 19.9 Å². The molecule has 0 saturated heterocycles. The Balaban J connectivity index is 0.00000216. The summed E-state index contributed by atoms with van der Waals surface area (Å²) in [6.07, 6.45) is 7.54. The highest BCUT2D eigenvalue weighted by Gasteiger charge is 2.35. The Morgan fingerprint density at radius 1 is 0.955 bits per heavy atom. The lowest BCUT2D eigenvalue weighted by molar-refractivity contribution is -0.114. The van der Waals surface area contributed by atoms with Crippen molar-refractivity contribution in [2.24, 2.45) is 11.8 Å². The molecule has 1 N–H and O–H groups in total. The quantitative estimate of drug-likeness (QED) is 0.134. The summed E-state index contributed by atoms with van der Waals surface area (Å²) in [5.74, 6) is 0.693. The highest BCUT2D eigenvalue weighted by Crippen LogP contribution is 2.35. The standard InChI is InChI=1S/C35H54N4OS.C3H8/c1-9-27(10-2)33(25-40)39(26(5)35(36-6)31-21-28-17-13-14-18-29(28)22-31)23-30-19-15-16-20-34(30)41-38(12-4)24-32(11-3)37(7)8;1-3-2/h13-20,25,27,31-33,35-36H,5,9-12,21-24H2,1-4,6-8H3;3H2,1-2H3. The van der Waals surface area contributed by atoms with Crippen molar-refractivity contribution < 1.29 is 4.79 Å². The van der Waals surface area contributed by atoms with Gasteiger partial charge in [-0.25, -0.2) is 4.31 Å². The molecule has 5 nitrogen and oxygen atoms in total. The van der Waals surface area contributed by atoms with E-state index in [1.165, 1.54) is 34.3 Å². The van der Waals surface area contributed by atoms with E-state index in [9.17, 15) is 4.79 Å². The van der Waals surface area contributed by atoms with Crippen LogP contribution in [0.15, 0.2) is 65.7 Å². The lowest BCUT2D eigenvalue weighted by Gasteiger charge is -2.41. The summed E-state index contributed by atoms with van der Waals surface area (Å²) in [5.41, 5.74) is 5.15. The van der Waals surface area contributed by atoms with Crippen LogP contribution in [0, 0.1) is 11.8 Å². The number of nitrogens with zero attached hydrogens (tertiary/aromatic N) is 3. The largest absolute Gasteiger partial charge is 0.360 e. The molecule has 0 radical (unpaired) electrons. The maximum absolute atomic E-state index is 12.8. The summed E-state index contributed by atoms with van der Waals surface area (Å²) >= 11 is 1.85. The van der Waals surface area contributed by atoms with Crippen LogP contribution in [0.4, 0.5) is 0 Å². The first-order valence-corrected chi connectivity index (χ1v) is 17.8. The zero-order valence-corrected chi connectivity index (χ0v) is 30.1. The monoisotopic (exact) mass is 622 g/mol. The van der Waals surface area contributed by atoms with Gasteiger partial charge in [-0.15, -0.1) is 0 Å². The number of nitrogens with one attached hydrogen (secondary N) is 1. The van der Waals surface area contributed by atoms with E-state index in [4.69, 9.17) is 6.58 Å². The number of hydrogen-bond donors (Lipinski definition) is 1. The van der Waals surface area contributed by atoms with Crippen molar-refractivity contribution in [3.63, 3.8) is 0 Å². The summed E-state index contributed by atoms with van der Waals surface area (Å²) in [6.45, 7) is 20.5. The van der Waals surface area contributed by atoms with Gasteiger partial charge >= 0.3 is 0 Å². The van der Waals surface area contributed by atoms with Crippen molar-refractivity contribution in [3.8, 4) is 0 Å². The molecule has 246 valence electrons. The second-order valence-corrected chi connectivity index (χ2v) is 13.6. The molecule has 0 amide bonds. The molecule has 1 aliphatic carbocycles. The fraction of sp³-hybridized carbons (Fsp3) is 0.605. The van der Waals surface area contributed by atoms with Crippen molar-refractivity contribution in [2.45, 2.75) is 110 Å². The summed E-state index contributed by atoms with van der Waals surface area (Å²) in [7, 11) is 6.38. The van der Waals surface area contributed by atoms with Gasteiger partial charge in [-0.2, -0.15) is 0 Å². The molecule has 0 saturated carbocycles. The smallest absolute Gasteiger partial charge is 0.142 e. The molecular weight excluding hydrogens is 561 g/mol. The van der Waals surface area contributed by atoms with Crippen LogP contribution in [0.1, 0.15) is 83.9 Å². The van der Waals surface area contributed by atoms with Crippen LogP contribution in [-0.2, 0) is 24.2 Å². The van der Waals surface area contributed by atoms with Crippen LogP contribution in [0.25, 0.3) is 0 Å². The molecule has 0 heterocycles. The zero-order chi connectivity index (χ0) is 32.6. The second kappa shape index (κ2) is 20.1. The van der Waals surface area contributed by atoms with Gasteiger partial charge in [0.25, 0.3) is 0 Å². The first-order valence-electron chi connectivity index (χ1n) is 17.0. The van der Waals surface area contributed by atoms with Crippen LogP contribution in [0.2, 0.25) is 0 Å². The van der Waals surface area contributed by atoms with Crippen LogP contribution >= 0.6 is 11.9 Å². The summed E-state index contributed by atoms with van der Waals surface area (Å²) < 4.78 is 2.47. The normalized spacial score (nSPS) is 15.1. The predicted octanol–water partition coefficient (Wildman–Crippen LogP) is 8.09. The zero-order valence-electron chi connectivity index (χ0n) is 29.3. The fourth-order valence-corrected chi connectivity index (χ4v) is 7.50. The van der Waals surface area contributed by atoms with Crippen LogP contribution < -0.4 is 5.32 Å². The number of aldehydes is 1. The Hall–Kier alpha value is -2.12. The fourth-order valence-electron chi connectivity index (χ4n) is 6.46. The molecule has 3 rings (SSSR count). The number of carbonyl (C=O) groups is 1. The predicted molar refractivity (Wildman–Crippen MR) is 192 cm³/mol. The molecule has 0 bridgehead atoms. The van der Waals surface area contributed by atoms with Gasteiger partial charge in [0.05, 0.1) is 6.04 Å². The number of hydrogen-bond acceptors (Lipinski definition) is 6. The van der Waals surface area contributed by atoms with Gasteiger partial charge in [0.2, 0.25) is 0 Å². The highest BCUT2D eigenvalue weighted by molar-refractivity contribution is 7.97. The Labute approximate surface area is 275 Å². The Morgan fingerprint density at radius 2 is 1.52 bits per heavy atom. The minimum absolute atomic E-state index is 0.0940. The number of fused-ring (bicyclic) bond motifs is 1. The van der Waals surface area contributed by atoms with Crippen LogP contribution in [-0.4, -0.2) is 72.7 Å². The minimum Gasteiger partial charge on any atom is -0.360 e. The molecule has 0 aliphatic heterocycles. The number of rotatable bonds is 18. The number of carbonyl (C=O) groups excluding carboxylic acids is 1. The van der Waals surface area contributed by atoms with Gasteiger partial charge in [0, 0.05) is 42.3 Å². The maximum atomic E-state index is 12.8. The van der Waals surface area contributed by atoms with E-state index in [-0.39, 0.29) is 18.0 Å². The lowest BCUT2D eigenvalue weighted by atomic mass is 9.89. The molecule has 2 aromatic rings. The van der Waals surface area contributed by atoms with Crippen LogP contribution in [0.5, 0.6) is 0 Å². The topological polar surface area (TPSA) is 38.8 Å². The van der Waals surface area contributed by atoms with Crippen LogP contribution in [0.3, 0.4) is 0 Å². The summed E-state index contributed by atoms with van der Waals surface area (Å²) in [5, 5.41) is 3.62. The van der Waals surface area contributed by atoms with E-state index >= 15 is 0 Å². The van der Waals surface area contributed by atoms with Crippen molar-refractivity contribution in [1.82, 2.24) is 19.4 Å². The summed E-state index contributed by atoms with van der Waals surface area (Å²) in [4.78, 5) is 18.7. The Bertz CT molecular complexity index is 1090. The Morgan fingerprint density at radius 3 is 2.00 bits per heavy atom. The van der Waals surface area contributed by atoms with Gasteiger partial charge in [-0.1, -0.05) is 110 Å². The number of benzene rings is 2. The van der Waals surface area contributed by atoms with Crippen molar-refractivity contribution in [1.29, 1.82) is 0 Å². The van der Waals surface area contributed by atoms with Gasteiger partial charge in [-0.05, 0) is 86.9 Å². The van der Waals surface area contributed by atoms with Crippen molar-refractivity contribution in [2.75, 3.05) is 34.2 Å². The Kier molecular flexibility index (Phi) is 17.4. The van der Waals surface area contributed by atoms with Gasteiger partial charge in [-0.3, -0.25) is 0 Å². The average Bonchev–Trinajstić information content (AvgIpc) is 3.45. The van der Waals surface area contributed by atoms with E-state index in [1.807, 2.05) is 19.0 Å². The van der Waals surface area contributed by atoms with Crippen molar-refractivity contribution in [3.05, 3.63) is 77.5 Å². The second-order valence-electron chi connectivity index (χ2n) is 12.4. The average molecular weight is 623 g/mol. The third-order valence-electron chi connectivity index (χ3n) is 9.13. The minimum atomic E-state index is -0.212. The molecule has 44 heavy (non-hydrogen) atoms. The SMILES string of the molecule is C=C(C(NC)C1Cc2ccccc2C1)N(Cc1ccccc1SN(CC)CC(CC)N(C)C)C(C=O)C(CC)CC.CCC.